The van der Waals surface area contributed by atoms with Crippen molar-refractivity contribution in [3.63, 3.8) is 0 Å². The van der Waals surface area contributed by atoms with Gasteiger partial charge in [0.05, 0.1) is 0 Å². The van der Waals surface area contributed by atoms with Crippen LogP contribution in [0.25, 0.3) is 0 Å². The van der Waals surface area contributed by atoms with Gasteiger partial charge in [-0.1, -0.05) is 27.7 Å². The molecular formula is C13H31NO. The molecule has 2 heteroatoms. The van der Waals surface area contributed by atoms with E-state index in [2.05, 4.69) is 32.8 Å². The Labute approximate surface area is 96.7 Å². The van der Waals surface area contributed by atoms with Crippen LogP contribution < -0.4 is 0 Å². The molecule has 0 radical (unpaired) electrons. The normalized spacial score (nSPS) is 29.8. The third-order valence-electron chi connectivity index (χ3n) is 2.88. The van der Waals surface area contributed by atoms with Gasteiger partial charge in [0, 0.05) is 13.2 Å². The van der Waals surface area contributed by atoms with E-state index in [1.165, 1.54) is 19.3 Å². The van der Waals surface area contributed by atoms with Gasteiger partial charge in [-0.25, -0.2) is 0 Å². The molecule has 1 saturated carbocycles. The average Bonchev–Trinajstić information content (AvgIpc) is 2.22. The van der Waals surface area contributed by atoms with Crippen molar-refractivity contribution < 1.29 is 5.11 Å². The summed E-state index contributed by atoms with van der Waals surface area (Å²) in [5.74, 6) is 1.87. The molecule has 0 bridgehead atoms. The van der Waals surface area contributed by atoms with Crippen LogP contribution in [0.4, 0.5) is 0 Å². The van der Waals surface area contributed by atoms with E-state index in [1.54, 1.807) is 0 Å². The lowest BCUT2D eigenvalue weighted by atomic mass is 9.80. The first-order valence-corrected chi connectivity index (χ1v) is 6.20. The summed E-state index contributed by atoms with van der Waals surface area (Å²) in [6.45, 7) is 8.76. The van der Waals surface area contributed by atoms with Crippen molar-refractivity contribution in [2.75, 3.05) is 21.2 Å². The highest BCUT2D eigenvalue weighted by atomic mass is 16.2. The van der Waals surface area contributed by atoms with E-state index >= 15 is 0 Å². The lowest BCUT2D eigenvalue weighted by Gasteiger charge is -2.35. The Hall–Kier alpha value is -0.0800. The van der Waals surface area contributed by atoms with Gasteiger partial charge in [0.25, 0.3) is 0 Å². The summed E-state index contributed by atoms with van der Waals surface area (Å²) in [6, 6.07) is 0.841. The third-order valence-corrected chi connectivity index (χ3v) is 2.88. The minimum Gasteiger partial charge on any atom is -0.400 e. The van der Waals surface area contributed by atoms with Crippen LogP contribution in [0.5, 0.6) is 0 Å². The van der Waals surface area contributed by atoms with Crippen LogP contribution in [0, 0.1) is 11.8 Å². The zero-order valence-electron chi connectivity index (χ0n) is 11.7. The van der Waals surface area contributed by atoms with E-state index in [4.69, 9.17) is 5.11 Å². The maximum Gasteiger partial charge on any atom is 0.0319 e. The molecule has 0 aromatic carbocycles. The maximum atomic E-state index is 7.00. The monoisotopic (exact) mass is 217 g/mol. The lowest BCUT2D eigenvalue weighted by Crippen LogP contribution is -2.35. The smallest absolute Gasteiger partial charge is 0.0319 e. The SMILES string of the molecule is CC.CO.C[C@@H]1CC(N(C)C)C[C@H](C)C1. The lowest BCUT2D eigenvalue weighted by molar-refractivity contribution is 0.156. The molecule has 0 amide bonds. The van der Waals surface area contributed by atoms with Gasteiger partial charge in [0.1, 0.15) is 0 Å². The van der Waals surface area contributed by atoms with Crippen LogP contribution in [0.2, 0.25) is 0 Å². The molecule has 1 N–H and O–H groups in total. The van der Waals surface area contributed by atoms with Crippen molar-refractivity contribution in [1.29, 1.82) is 0 Å². The second-order valence-electron chi connectivity index (χ2n) is 4.53. The molecule has 0 spiro atoms. The molecule has 1 fully saturated rings. The Balaban J connectivity index is 0. The van der Waals surface area contributed by atoms with Crippen LogP contribution in [-0.4, -0.2) is 37.3 Å². The van der Waals surface area contributed by atoms with Crippen molar-refractivity contribution in [1.82, 2.24) is 4.90 Å². The molecule has 15 heavy (non-hydrogen) atoms. The van der Waals surface area contributed by atoms with Gasteiger partial charge in [0.15, 0.2) is 0 Å². The van der Waals surface area contributed by atoms with Crippen molar-refractivity contribution in [2.24, 2.45) is 11.8 Å². The van der Waals surface area contributed by atoms with Crippen LogP contribution >= 0.6 is 0 Å². The highest BCUT2D eigenvalue weighted by Crippen LogP contribution is 2.30. The summed E-state index contributed by atoms with van der Waals surface area (Å²) in [6.07, 6.45) is 4.24. The van der Waals surface area contributed by atoms with Crippen LogP contribution in [0.1, 0.15) is 47.0 Å². The predicted octanol–water partition coefficient (Wildman–Crippen LogP) is 3.01. The van der Waals surface area contributed by atoms with Gasteiger partial charge in [-0.15, -0.1) is 0 Å². The topological polar surface area (TPSA) is 23.5 Å². The Morgan fingerprint density at radius 3 is 1.47 bits per heavy atom. The predicted molar refractivity (Wildman–Crippen MR) is 69.1 cm³/mol. The molecule has 1 aliphatic rings. The molecule has 1 rings (SSSR count). The zero-order valence-corrected chi connectivity index (χ0v) is 11.7. The number of rotatable bonds is 1. The van der Waals surface area contributed by atoms with E-state index in [-0.39, 0.29) is 0 Å². The summed E-state index contributed by atoms with van der Waals surface area (Å²) >= 11 is 0. The molecule has 94 valence electrons. The quantitative estimate of drug-likeness (QED) is 0.730. The average molecular weight is 217 g/mol. The fourth-order valence-electron chi connectivity index (χ4n) is 2.33. The number of hydrogen-bond donors (Lipinski definition) is 1. The molecular weight excluding hydrogens is 186 g/mol. The van der Waals surface area contributed by atoms with E-state index in [0.717, 1.165) is 25.0 Å². The van der Waals surface area contributed by atoms with Crippen molar-refractivity contribution in [2.45, 2.75) is 53.0 Å². The summed E-state index contributed by atoms with van der Waals surface area (Å²) in [5.41, 5.74) is 0. The Morgan fingerprint density at radius 1 is 0.867 bits per heavy atom. The maximum absolute atomic E-state index is 7.00. The van der Waals surface area contributed by atoms with Gasteiger partial charge in [-0.05, 0) is 45.2 Å². The fraction of sp³-hybridized carbons (Fsp3) is 1.00. The summed E-state index contributed by atoms with van der Waals surface area (Å²) in [7, 11) is 5.41. The van der Waals surface area contributed by atoms with Crippen LogP contribution in [-0.2, 0) is 0 Å². The standard InChI is InChI=1S/C10H21N.C2H6.CH4O/c1-8-5-9(2)7-10(6-8)11(3)4;2*1-2/h8-10H,5-7H2,1-4H3;1-2H3;2H,1H3/t8-,9+,10?;;. The third kappa shape index (κ3) is 7.80. The number of hydrogen-bond acceptors (Lipinski definition) is 2. The highest BCUT2D eigenvalue weighted by molar-refractivity contribution is 4.78. The second kappa shape index (κ2) is 10.4. The van der Waals surface area contributed by atoms with E-state index in [0.29, 0.717) is 0 Å². The molecule has 0 aromatic rings. The molecule has 0 saturated heterocycles. The fourth-order valence-corrected chi connectivity index (χ4v) is 2.33. The Bertz CT molecular complexity index is 116. The van der Waals surface area contributed by atoms with E-state index in [1.807, 2.05) is 13.8 Å². The molecule has 0 aliphatic heterocycles. The Morgan fingerprint density at radius 2 is 1.20 bits per heavy atom. The minimum atomic E-state index is 0.841. The van der Waals surface area contributed by atoms with Crippen molar-refractivity contribution >= 4 is 0 Å². The van der Waals surface area contributed by atoms with Gasteiger partial charge < -0.3 is 10.0 Å². The Kier molecular flexibility index (Phi) is 12.1. The first-order valence-electron chi connectivity index (χ1n) is 6.20. The van der Waals surface area contributed by atoms with Gasteiger partial charge in [0.2, 0.25) is 0 Å². The number of aliphatic hydroxyl groups is 1. The summed E-state index contributed by atoms with van der Waals surface area (Å²) in [4.78, 5) is 2.38. The molecule has 3 atom stereocenters. The molecule has 1 unspecified atom stereocenters. The van der Waals surface area contributed by atoms with E-state index < -0.39 is 0 Å². The van der Waals surface area contributed by atoms with Gasteiger partial charge in [-0.2, -0.15) is 0 Å². The molecule has 0 heterocycles. The zero-order chi connectivity index (χ0) is 12.4. The van der Waals surface area contributed by atoms with Crippen LogP contribution in [0.3, 0.4) is 0 Å². The minimum absolute atomic E-state index is 0.841. The van der Waals surface area contributed by atoms with Crippen molar-refractivity contribution in [3.8, 4) is 0 Å². The molecule has 1 aliphatic carbocycles. The molecule has 0 aromatic heterocycles. The van der Waals surface area contributed by atoms with Crippen LogP contribution in [0.15, 0.2) is 0 Å². The highest BCUT2D eigenvalue weighted by Gasteiger charge is 2.24. The van der Waals surface area contributed by atoms with Gasteiger partial charge >= 0.3 is 0 Å². The molecule has 2 nitrogen and oxygen atoms in total. The summed E-state index contributed by atoms with van der Waals surface area (Å²) in [5, 5.41) is 7.00. The van der Waals surface area contributed by atoms with Crippen molar-refractivity contribution in [3.05, 3.63) is 0 Å². The largest absolute Gasteiger partial charge is 0.400 e. The second-order valence-corrected chi connectivity index (χ2v) is 4.53. The first-order chi connectivity index (χ1) is 7.09. The summed E-state index contributed by atoms with van der Waals surface area (Å²) < 4.78 is 0. The van der Waals surface area contributed by atoms with Gasteiger partial charge in [-0.3, -0.25) is 0 Å². The first kappa shape index (κ1) is 17.3. The number of nitrogens with zero attached hydrogens (tertiary/aromatic N) is 1. The number of aliphatic hydroxyl groups excluding tert-OH is 1. The van der Waals surface area contributed by atoms with E-state index in [9.17, 15) is 0 Å².